The molecule has 1 aromatic rings. The predicted octanol–water partition coefficient (Wildman–Crippen LogP) is 5.49. The molecule has 0 spiro atoms. The molecular formula is C16H24O2S. The van der Waals surface area contributed by atoms with Crippen molar-refractivity contribution in [1.82, 2.24) is 0 Å². The van der Waals surface area contributed by atoms with Crippen LogP contribution in [0.5, 0.6) is 0 Å². The number of carbonyl (C=O) groups is 1. The highest BCUT2D eigenvalue weighted by atomic mass is 32.2. The van der Waals surface area contributed by atoms with Gasteiger partial charge in [0, 0.05) is 5.75 Å². The van der Waals surface area contributed by atoms with E-state index in [1.54, 1.807) is 17.8 Å². The Morgan fingerprint density at radius 3 is 2.37 bits per heavy atom. The molecule has 0 bridgehead atoms. The van der Waals surface area contributed by atoms with Gasteiger partial charge in [-0.1, -0.05) is 49.9 Å². The van der Waals surface area contributed by atoms with E-state index in [1.165, 1.54) is 44.9 Å². The molecule has 19 heavy (non-hydrogen) atoms. The normalized spacial score (nSPS) is 10.5. The number of rotatable bonds is 12. The lowest BCUT2D eigenvalue weighted by molar-refractivity contribution is 0.109. The molecule has 1 aromatic heterocycles. The van der Waals surface area contributed by atoms with Crippen molar-refractivity contribution in [3.05, 3.63) is 30.5 Å². The maximum atomic E-state index is 10.5. The van der Waals surface area contributed by atoms with Crippen LogP contribution in [-0.2, 0) is 0 Å². The third-order valence-electron chi connectivity index (χ3n) is 3.02. The van der Waals surface area contributed by atoms with E-state index in [2.05, 4.69) is 6.58 Å². The SMILES string of the molecule is C=CCCCCCCCCCSc1ccc(C=O)o1. The summed E-state index contributed by atoms with van der Waals surface area (Å²) < 4.78 is 5.30. The second-order valence-electron chi connectivity index (χ2n) is 4.68. The minimum Gasteiger partial charge on any atom is -0.447 e. The fourth-order valence-electron chi connectivity index (χ4n) is 1.92. The van der Waals surface area contributed by atoms with Crippen LogP contribution >= 0.6 is 11.8 Å². The number of allylic oxidation sites excluding steroid dienone is 1. The topological polar surface area (TPSA) is 30.2 Å². The highest BCUT2D eigenvalue weighted by Crippen LogP contribution is 2.22. The summed E-state index contributed by atoms with van der Waals surface area (Å²) >= 11 is 1.69. The quantitative estimate of drug-likeness (QED) is 0.219. The zero-order valence-electron chi connectivity index (χ0n) is 11.6. The van der Waals surface area contributed by atoms with Gasteiger partial charge < -0.3 is 4.42 Å². The van der Waals surface area contributed by atoms with Gasteiger partial charge in [-0.05, 0) is 31.4 Å². The summed E-state index contributed by atoms with van der Waals surface area (Å²) in [6.45, 7) is 3.73. The van der Waals surface area contributed by atoms with E-state index in [-0.39, 0.29) is 0 Å². The molecule has 0 atom stereocenters. The van der Waals surface area contributed by atoms with E-state index in [4.69, 9.17) is 4.42 Å². The standard InChI is InChI=1S/C16H24O2S/c1-2-3-4-5-6-7-8-9-10-13-19-16-12-11-15(14-17)18-16/h2,11-12,14H,1,3-10,13H2. The van der Waals surface area contributed by atoms with Gasteiger partial charge in [0.1, 0.15) is 0 Å². The second kappa shape index (κ2) is 10.9. The van der Waals surface area contributed by atoms with Gasteiger partial charge in [0.15, 0.2) is 17.1 Å². The summed E-state index contributed by atoms with van der Waals surface area (Å²) in [5.41, 5.74) is 0. The zero-order chi connectivity index (χ0) is 13.8. The maximum Gasteiger partial charge on any atom is 0.185 e. The predicted molar refractivity (Wildman–Crippen MR) is 82.0 cm³/mol. The molecule has 1 rings (SSSR count). The fraction of sp³-hybridized carbons (Fsp3) is 0.562. The van der Waals surface area contributed by atoms with Crippen LogP contribution in [0.4, 0.5) is 0 Å². The van der Waals surface area contributed by atoms with Crippen molar-refractivity contribution in [2.75, 3.05) is 5.75 Å². The molecule has 0 saturated carbocycles. The molecule has 0 saturated heterocycles. The van der Waals surface area contributed by atoms with Gasteiger partial charge in [-0.2, -0.15) is 0 Å². The van der Waals surface area contributed by atoms with Crippen molar-refractivity contribution in [3.63, 3.8) is 0 Å². The molecule has 0 aliphatic rings. The van der Waals surface area contributed by atoms with Crippen LogP contribution in [0.15, 0.2) is 34.3 Å². The Kier molecular flexibility index (Phi) is 9.25. The second-order valence-corrected chi connectivity index (χ2v) is 5.77. The summed E-state index contributed by atoms with van der Waals surface area (Å²) in [5, 5.41) is 0.853. The Hall–Kier alpha value is -0.960. The lowest BCUT2D eigenvalue weighted by Gasteiger charge is -2.01. The first-order chi connectivity index (χ1) is 9.36. The zero-order valence-corrected chi connectivity index (χ0v) is 12.4. The lowest BCUT2D eigenvalue weighted by Crippen LogP contribution is -1.83. The van der Waals surface area contributed by atoms with E-state index in [1.807, 2.05) is 12.1 Å². The number of hydrogen-bond acceptors (Lipinski definition) is 3. The highest BCUT2D eigenvalue weighted by Gasteiger charge is 2.01. The van der Waals surface area contributed by atoms with Crippen LogP contribution in [-0.4, -0.2) is 12.0 Å². The molecule has 1 heterocycles. The van der Waals surface area contributed by atoms with Gasteiger partial charge >= 0.3 is 0 Å². The summed E-state index contributed by atoms with van der Waals surface area (Å²) in [7, 11) is 0. The number of thioether (sulfide) groups is 1. The Morgan fingerprint density at radius 1 is 1.05 bits per heavy atom. The third kappa shape index (κ3) is 7.93. The van der Waals surface area contributed by atoms with Gasteiger partial charge in [0.05, 0.1) is 0 Å². The van der Waals surface area contributed by atoms with Crippen LogP contribution in [0.1, 0.15) is 61.9 Å². The van der Waals surface area contributed by atoms with E-state index < -0.39 is 0 Å². The van der Waals surface area contributed by atoms with Crippen molar-refractivity contribution in [1.29, 1.82) is 0 Å². The van der Waals surface area contributed by atoms with Crippen molar-refractivity contribution in [3.8, 4) is 0 Å². The van der Waals surface area contributed by atoms with Crippen molar-refractivity contribution in [2.45, 2.75) is 56.5 Å². The third-order valence-corrected chi connectivity index (χ3v) is 4.01. The van der Waals surface area contributed by atoms with Crippen LogP contribution < -0.4 is 0 Å². The molecule has 0 radical (unpaired) electrons. The van der Waals surface area contributed by atoms with Crippen LogP contribution in [0.3, 0.4) is 0 Å². The largest absolute Gasteiger partial charge is 0.447 e. The number of aldehydes is 1. The molecule has 0 aliphatic carbocycles. The lowest BCUT2D eigenvalue weighted by atomic mass is 10.1. The smallest absolute Gasteiger partial charge is 0.185 e. The summed E-state index contributed by atoms with van der Waals surface area (Å²) in [6.07, 6.45) is 13.1. The average molecular weight is 280 g/mol. The van der Waals surface area contributed by atoms with E-state index in [0.717, 1.165) is 23.6 Å². The fourth-order valence-corrected chi connectivity index (χ4v) is 2.79. The molecule has 3 heteroatoms. The van der Waals surface area contributed by atoms with Gasteiger partial charge in [-0.15, -0.1) is 6.58 Å². The molecule has 0 unspecified atom stereocenters. The number of furan rings is 1. The van der Waals surface area contributed by atoms with E-state index in [0.29, 0.717) is 5.76 Å². The minimum atomic E-state index is 0.419. The molecule has 106 valence electrons. The molecule has 0 fully saturated rings. The number of unbranched alkanes of at least 4 members (excludes halogenated alkanes) is 7. The van der Waals surface area contributed by atoms with Crippen molar-refractivity contribution >= 4 is 18.0 Å². The van der Waals surface area contributed by atoms with Crippen molar-refractivity contribution < 1.29 is 9.21 Å². The van der Waals surface area contributed by atoms with Crippen molar-refractivity contribution in [2.24, 2.45) is 0 Å². The number of carbonyl (C=O) groups excluding carboxylic acids is 1. The summed E-state index contributed by atoms with van der Waals surface area (Å²) in [6, 6.07) is 3.59. The molecule has 0 N–H and O–H groups in total. The minimum absolute atomic E-state index is 0.419. The van der Waals surface area contributed by atoms with Crippen LogP contribution in [0.2, 0.25) is 0 Å². The Balaban J connectivity index is 1.88. The first-order valence-electron chi connectivity index (χ1n) is 7.15. The number of hydrogen-bond donors (Lipinski definition) is 0. The molecule has 2 nitrogen and oxygen atoms in total. The van der Waals surface area contributed by atoms with Gasteiger partial charge in [0.2, 0.25) is 0 Å². The summed E-state index contributed by atoms with van der Waals surface area (Å²) in [4.78, 5) is 10.5. The Labute approximate surface area is 120 Å². The first-order valence-corrected chi connectivity index (χ1v) is 8.14. The molecular weight excluding hydrogens is 256 g/mol. The van der Waals surface area contributed by atoms with Crippen LogP contribution in [0, 0.1) is 0 Å². The highest BCUT2D eigenvalue weighted by molar-refractivity contribution is 7.99. The van der Waals surface area contributed by atoms with E-state index >= 15 is 0 Å². The van der Waals surface area contributed by atoms with Gasteiger partial charge in [0.25, 0.3) is 0 Å². The Bertz CT molecular complexity index is 357. The molecule has 0 amide bonds. The Morgan fingerprint density at radius 2 is 1.74 bits per heavy atom. The van der Waals surface area contributed by atoms with Gasteiger partial charge in [-0.3, -0.25) is 4.79 Å². The van der Waals surface area contributed by atoms with E-state index in [9.17, 15) is 4.79 Å². The maximum absolute atomic E-state index is 10.5. The van der Waals surface area contributed by atoms with Gasteiger partial charge in [-0.25, -0.2) is 0 Å². The molecule has 0 aromatic carbocycles. The monoisotopic (exact) mass is 280 g/mol. The summed E-state index contributed by atoms with van der Waals surface area (Å²) in [5.74, 6) is 1.49. The van der Waals surface area contributed by atoms with Crippen LogP contribution in [0.25, 0.3) is 0 Å². The molecule has 0 aliphatic heterocycles. The average Bonchev–Trinajstić information content (AvgIpc) is 2.89. The first kappa shape index (κ1) is 16.1.